The highest BCUT2D eigenvalue weighted by Gasteiger charge is 2.27. The molecule has 2 unspecified atom stereocenters. The molecule has 5 heteroatoms. The van der Waals surface area contributed by atoms with Crippen molar-refractivity contribution in [2.75, 3.05) is 7.05 Å². The highest BCUT2D eigenvalue weighted by molar-refractivity contribution is 5.67. The highest BCUT2D eigenvalue weighted by atomic mass is 16.6. The molecule has 0 bridgehead atoms. The molecule has 1 aliphatic heterocycles. The number of rotatable bonds is 2. The summed E-state index contributed by atoms with van der Waals surface area (Å²) in [4.78, 5) is 10.2. The first kappa shape index (κ1) is 8.45. The summed E-state index contributed by atoms with van der Waals surface area (Å²) in [7, 11) is 1.81. The van der Waals surface area contributed by atoms with Gasteiger partial charge in [0.15, 0.2) is 0 Å². The molecule has 11 heavy (non-hydrogen) atoms. The normalized spacial score (nSPS) is 32.5. The maximum Gasteiger partial charge on any atom is 0.307 e. The SMILES string of the molecule is CC1OC(CC(=O)O)NN1C. The molecule has 0 saturated carbocycles. The lowest BCUT2D eigenvalue weighted by atomic mass is 10.4. The van der Waals surface area contributed by atoms with E-state index in [1.165, 1.54) is 0 Å². The molecule has 5 nitrogen and oxygen atoms in total. The fraction of sp³-hybridized carbons (Fsp3) is 0.833. The number of carboxylic acid groups (broad SMARTS) is 1. The standard InChI is InChI=1S/C6H12N2O3/c1-4-8(2)7-5(11-4)3-6(9)10/h4-5,7H,3H2,1-2H3,(H,9,10). The van der Waals surface area contributed by atoms with Gasteiger partial charge in [-0.3, -0.25) is 4.79 Å². The second kappa shape index (κ2) is 3.17. The molecule has 0 spiro atoms. The zero-order chi connectivity index (χ0) is 8.43. The van der Waals surface area contributed by atoms with Crippen LogP contribution in [0.5, 0.6) is 0 Å². The molecule has 0 aromatic carbocycles. The Kier molecular flexibility index (Phi) is 2.43. The van der Waals surface area contributed by atoms with Crippen LogP contribution in [0.2, 0.25) is 0 Å². The van der Waals surface area contributed by atoms with Crippen molar-refractivity contribution in [2.24, 2.45) is 0 Å². The smallest absolute Gasteiger partial charge is 0.307 e. The Hall–Kier alpha value is -0.650. The number of carboxylic acids is 1. The average Bonchev–Trinajstić information content (AvgIpc) is 2.10. The molecule has 2 atom stereocenters. The van der Waals surface area contributed by atoms with E-state index in [9.17, 15) is 4.79 Å². The fourth-order valence-corrected chi connectivity index (χ4v) is 0.944. The quantitative estimate of drug-likeness (QED) is 0.575. The molecule has 0 amide bonds. The summed E-state index contributed by atoms with van der Waals surface area (Å²) in [6.07, 6.45) is -0.443. The first-order chi connectivity index (χ1) is 5.09. The summed E-state index contributed by atoms with van der Waals surface area (Å²) in [6, 6.07) is 0. The van der Waals surface area contributed by atoms with Crippen LogP contribution in [0.1, 0.15) is 13.3 Å². The van der Waals surface area contributed by atoms with E-state index < -0.39 is 5.97 Å². The number of nitrogens with one attached hydrogen (secondary N) is 1. The van der Waals surface area contributed by atoms with Gasteiger partial charge in [0.1, 0.15) is 12.5 Å². The maximum atomic E-state index is 10.2. The van der Waals surface area contributed by atoms with Crippen LogP contribution in [0, 0.1) is 0 Å². The average molecular weight is 160 g/mol. The van der Waals surface area contributed by atoms with Crippen LogP contribution in [0.3, 0.4) is 0 Å². The third-order valence-corrected chi connectivity index (χ3v) is 1.61. The predicted octanol–water partition coefficient (Wildman–Crippen LogP) is -0.400. The molecule has 1 fully saturated rings. The van der Waals surface area contributed by atoms with Crippen molar-refractivity contribution in [3.05, 3.63) is 0 Å². The van der Waals surface area contributed by atoms with Gasteiger partial charge in [-0.1, -0.05) is 0 Å². The van der Waals surface area contributed by atoms with Crippen molar-refractivity contribution < 1.29 is 14.6 Å². The summed E-state index contributed by atoms with van der Waals surface area (Å²) in [6.45, 7) is 1.86. The van der Waals surface area contributed by atoms with Crippen LogP contribution in [0.4, 0.5) is 0 Å². The lowest BCUT2D eigenvalue weighted by Crippen LogP contribution is -2.35. The van der Waals surface area contributed by atoms with Crippen molar-refractivity contribution in [3.8, 4) is 0 Å². The monoisotopic (exact) mass is 160 g/mol. The number of ether oxygens (including phenoxy) is 1. The molecule has 0 radical (unpaired) electrons. The van der Waals surface area contributed by atoms with Crippen LogP contribution >= 0.6 is 0 Å². The van der Waals surface area contributed by atoms with E-state index in [0.717, 1.165) is 0 Å². The number of hydrogen-bond donors (Lipinski definition) is 2. The molecule has 0 aromatic rings. The topological polar surface area (TPSA) is 61.8 Å². The van der Waals surface area contributed by atoms with Gasteiger partial charge in [0.2, 0.25) is 0 Å². The zero-order valence-corrected chi connectivity index (χ0v) is 6.57. The van der Waals surface area contributed by atoms with Gasteiger partial charge in [0, 0.05) is 7.05 Å². The lowest BCUT2D eigenvalue weighted by Gasteiger charge is -2.10. The Morgan fingerprint density at radius 1 is 1.82 bits per heavy atom. The second-order valence-electron chi connectivity index (χ2n) is 2.56. The van der Waals surface area contributed by atoms with Crippen molar-refractivity contribution in [3.63, 3.8) is 0 Å². The molecule has 2 N–H and O–H groups in total. The van der Waals surface area contributed by atoms with Crippen molar-refractivity contribution in [1.29, 1.82) is 0 Å². The van der Waals surface area contributed by atoms with Gasteiger partial charge < -0.3 is 9.84 Å². The van der Waals surface area contributed by atoms with Crippen LogP contribution < -0.4 is 5.43 Å². The molecular weight excluding hydrogens is 148 g/mol. The lowest BCUT2D eigenvalue weighted by molar-refractivity contribution is -0.140. The Bertz CT molecular complexity index is 152. The fourth-order valence-electron chi connectivity index (χ4n) is 0.944. The van der Waals surface area contributed by atoms with E-state index >= 15 is 0 Å². The number of nitrogens with zero attached hydrogens (tertiary/aromatic N) is 1. The van der Waals surface area contributed by atoms with E-state index in [0.29, 0.717) is 0 Å². The Balaban J connectivity index is 2.35. The number of aliphatic carboxylic acids is 1. The Labute approximate surface area is 64.9 Å². The van der Waals surface area contributed by atoms with Gasteiger partial charge in [-0.25, -0.2) is 10.4 Å². The minimum absolute atomic E-state index is 0.00528. The van der Waals surface area contributed by atoms with Crippen molar-refractivity contribution in [2.45, 2.75) is 25.8 Å². The van der Waals surface area contributed by atoms with E-state index in [4.69, 9.17) is 9.84 Å². The van der Waals surface area contributed by atoms with E-state index in [2.05, 4.69) is 5.43 Å². The van der Waals surface area contributed by atoms with Gasteiger partial charge >= 0.3 is 5.97 Å². The summed E-state index contributed by atoms with van der Waals surface area (Å²) >= 11 is 0. The first-order valence-corrected chi connectivity index (χ1v) is 3.46. The summed E-state index contributed by atoms with van der Waals surface area (Å²) in [5, 5.41) is 10.2. The largest absolute Gasteiger partial charge is 0.481 e. The van der Waals surface area contributed by atoms with Crippen LogP contribution in [0.25, 0.3) is 0 Å². The molecule has 1 rings (SSSR count). The molecule has 1 heterocycles. The summed E-state index contributed by atoms with van der Waals surface area (Å²) in [5.74, 6) is -0.856. The van der Waals surface area contributed by atoms with E-state index in [1.54, 1.807) is 5.01 Å². The first-order valence-electron chi connectivity index (χ1n) is 3.46. The second-order valence-corrected chi connectivity index (χ2v) is 2.56. The van der Waals surface area contributed by atoms with E-state index in [-0.39, 0.29) is 18.9 Å². The van der Waals surface area contributed by atoms with Gasteiger partial charge in [-0.2, -0.15) is 0 Å². The van der Waals surface area contributed by atoms with Gasteiger partial charge in [0.05, 0.1) is 6.42 Å². The molecule has 64 valence electrons. The molecular formula is C6H12N2O3. The van der Waals surface area contributed by atoms with Gasteiger partial charge in [-0.05, 0) is 6.92 Å². The van der Waals surface area contributed by atoms with Gasteiger partial charge in [-0.15, -0.1) is 0 Å². The van der Waals surface area contributed by atoms with Gasteiger partial charge in [0.25, 0.3) is 0 Å². The van der Waals surface area contributed by atoms with Crippen LogP contribution in [-0.4, -0.2) is 35.6 Å². The van der Waals surface area contributed by atoms with Crippen molar-refractivity contribution >= 4 is 5.97 Å². The number of carbonyl (C=O) groups is 1. The zero-order valence-electron chi connectivity index (χ0n) is 6.57. The Morgan fingerprint density at radius 2 is 2.45 bits per heavy atom. The number of hydrogen-bond acceptors (Lipinski definition) is 4. The Morgan fingerprint density at radius 3 is 2.82 bits per heavy atom. The number of hydrazine groups is 1. The van der Waals surface area contributed by atoms with Crippen molar-refractivity contribution in [1.82, 2.24) is 10.4 Å². The molecule has 1 aliphatic rings. The minimum Gasteiger partial charge on any atom is -0.481 e. The molecule has 0 aliphatic carbocycles. The van der Waals surface area contributed by atoms with E-state index in [1.807, 2.05) is 14.0 Å². The summed E-state index contributed by atoms with van der Waals surface area (Å²) < 4.78 is 5.22. The molecule has 0 aromatic heterocycles. The maximum absolute atomic E-state index is 10.2. The van der Waals surface area contributed by atoms with Crippen LogP contribution in [-0.2, 0) is 9.53 Å². The third-order valence-electron chi connectivity index (χ3n) is 1.61. The predicted molar refractivity (Wildman–Crippen MR) is 37.5 cm³/mol. The minimum atomic E-state index is -0.856. The third kappa shape index (κ3) is 2.14. The highest BCUT2D eigenvalue weighted by Crippen LogP contribution is 2.10. The summed E-state index contributed by atoms with van der Waals surface area (Å²) in [5.41, 5.74) is 2.87. The van der Waals surface area contributed by atoms with Crippen LogP contribution in [0.15, 0.2) is 0 Å². The molecule has 1 saturated heterocycles.